The van der Waals surface area contributed by atoms with Crippen LogP contribution in [0.2, 0.25) is 0 Å². The Balaban J connectivity index is 2.25. The predicted molar refractivity (Wildman–Crippen MR) is 69.1 cm³/mol. The maximum atomic E-state index is 4.62. The lowest BCUT2D eigenvalue weighted by atomic mass is 10.0. The molecule has 17 heavy (non-hydrogen) atoms. The molecule has 1 heterocycles. The smallest absolute Gasteiger partial charge is 0.126 e. The van der Waals surface area contributed by atoms with Crippen LogP contribution >= 0.6 is 0 Å². The van der Waals surface area contributed by atoms with Gasteiger partial charge in [0.2, 0.25) is 0 Å². The molecule has 0 saturated carbocycles. The van der Waals surface area contributed by atoms with E-state index in [1.165, 1.54) is 22.3 Å². The molecule has 0 radical (unpaired) electrons. The first-order valence-corrected chi connectivity index (χ1v) is 6.15. The quantitative estimate of drug-likeness (QED) is 0.634. The third-order valence-electron chi connectivity index (χ3n) is 3.53. The molecule has 0 saturated heterocycles. The summed E-state index contributed by atoms with van der Waals surface area (Å²) in [4.78, 5) is 9.08. The van der Waals surface area contributed by atoms with Gasteiger partial charge in [0.05, 0.1) is 5.69 Å². The lowest BCUT2D eigenvalue weighted by Crippen LogP contribution is -1.97. The minimum absolute atomic E-state index is 0.871. The third-order valence-corrected chi connectivity index (χ3v) is 3.53. The molecular formula is C15H16N2. The van der Waals surface area contributed by atoms with Crippen molar-refractivity contribution >= 4 is 0 Å². The number of aryl methyl sites for hydroxylation is 3. The van der Waals surface area contributed by atoms with Gasteiger partial charge in [0.1, 0.15) is 5.82 Å². The molecule has 1 aromatic heterocycles. The Bertz CT molecular complexity index is 600. The fourth-order valence-corrected chi connectivity index (χ4v) is 2.58. The summed E-state index contributed by atoms with van der Waals surface area (Å²) in [6, 6.07) is 6.75. The lowest BCUT2D eigenvalue weighted by Gasteiger charge is -2.05. The van der Waals surface area contributed by atoms with E-state index in [-0.39, 0.29) is 0 Å². The van der Waals surface area contributed by atoms with Crippen LogP contribution in [0.15, 0.2) is 18.2 Å². The van der Waals surface area contributed by atoms with Gasteiger partial charge in [-0.15, -0.1) is 0 Å². The van der Waals surface area contributed by atoms with Gasteiger partial charge in [0, 0.05) is 23.2 Å². The summed E-state index contributed by atoms with van der Waals surface area (Å²) < 4.78 is 0. The molecule has 3 rings (SSSR count). The van der Waals surface area contributed by atoms with E-state index >= 15 is 0 Å². The van der Waals surface area contributed by atoms with Crippen molar-refractivity contribution in [1.29, 1.82) is 0 Å². The van der Waals surface area contributed by atoms with Crippen LogP contribution < -0.4 is 0 Å². The first-order chi connectivity index (χ1) is 8.19. The van der Waals surface area contributed by atoms with E-state index < -0.39 is 0 Å². The van der Waals surface area contributed by atoms with Gasteiger partial charge < -0.3 is 0 Å². The molecule has 86 valence electrons. The van der Waals surface area contributed by atoms with Gasteiger partial charge in [-0.05, 0) is 37.5 Å². The second-order valence-corrected chi connectivity index (χ2v) is 4.71. The molecule has 0 atom stereocenters. The second-order valence-electron chi connectivity index (χ2n) is 4.71. The molecule has 2 heteroatoms. The zero-order valence-electron chi connectivity index (χ0n) is 10.5. The maximum Gasteiger partial charge on any atom is 0.126 e. The van der Waals surface area contributed by atoms with Crippen LogP contribution in [0.25, 0.3) is 11.3 Å². The number of fused-ring (bicyclic) bond motifs is 3. The highest BCUT2D eigenvalue weighted by Crippen LogP contribution is 2.36. The number of benzene rings is 1. The first kappa shape index (κ1) is 10.5. The fourth-order valence-electron chi connectivity index (χ4n) is 2.58. The van der Waals surface area contributed by atoms with Crippen LogP contribution in [0.3, 0.4) is 0 Å². The van der Waals surface area contributed by atoms with Crippen molar-refractivity contribution in [2.75, 3.05) is 0 Å². The van der Waals surface area contributed by atoms with E-state index in [0.717, 1.165) is 30.1 Å². The minimum Gasteiger partial charge on any atom is -0.238 e. The van der Waals surface area contributed by atoms with Gasteiger partial charge >= 0.3 is 0 Å². The van der Waals surface area contributed by atoms with Gasteiger partial charge in [0.25, 0.3) is 0 Å². The summed E-state index contributed by atoms with van der Waals surface area (Å²) in [7, 11) is 0. The zero-order valence-corrected chi connectivity index (χ0v) is 10.5. The molecule has 1 aliphatic rings. The highest BCUT2D eigenvalue weighted by molar-refractivity contribution is 5.74. The molecule has 1 aliphatic carbocycles. The van der Waals surface area contributed by atoms with Crippen LogP contribution in [0.1, 0.15) is 35.1 Å². The highest BCUT2D eigenvalue weighted by Gasteiger charge is 2.22. The van der Waals surface area contributed by atoms with Crippen molar-refractivity contribution in [3.63, 3.8) is 0 Å². The van der Waals surface area contributed by atoms with E-state index in [1.54, 1.807) is 0 Å². The van der Waals surface area contributed by atoms with Gasteiger partial charge in [-0.2, -0.15) is 0 Å². The fraction of sp³-hybridized carbons (Fsp3) is 0.333. The van der Waals surface area contributed by atoms with Gasteiger partial charge in [-0.25, -0.2) is 9.97 Å². The lowest BCUT2D eigenvalue weighted by molar-refractivity contribution is 0.987. The summed E-state index contributed by atoms with van der Waals surface area (Å²) in [5.74, 6) is 0.871. The molecule has 0 bridgehead atoms. The Kier molecular flexibility index (Phi) is 2.25. The first-order valence-electron chi connectivity index (χ1n) is 6.15. The minimum atomic E-state index is 0.871. The molecule has 0 amide bonds. The normalized spacial score (nSPS) is 12.4. The van der Waals surface area contributed by atoms with Crippen molar-refractivity contribution in [2.24, 2.45) is 0 Å². The van der Waals surface area contributed by atoms with Crippen LogP contribution in [-0.2, 0) is 12.8 Å². The van der Waals surface area contributed by atoms with Crippen LogP contribution in [-0.4, -0.2) is 9.97 Å². The summed E-state index contributed by atoms with van der Waals surface area (Å²) in [6.07, 6.45) is 2.06. The highest BCUT2D eigenvalue weighted by atomic mass is 14.9. The topological polar surface area (TPSA) is 25.8 Å². The van der Waals surface area contributed by atoms with E-state index in [0.29, 0.717) is 0 Å². The van der Waals surface area contributed by atoms with E-state index in [9.17, 15) is 0 Å². The third kappa shape index (κ3) is 1.55. The number of hydrogen-bond acceptors (Lipinski definition) is 2. The maximum absolute atomic E-state index is 4.62. The predicted octanol–water partition coefficient (Wildman–Crippen LogP) is 3.23. The Morgan fingerprint density at radius 1 is 1.18 bits per heavy atom. The summed E-state index contributed by atoms with van der Waals surface area (Å²) in [5, 5.41) is 0. The molecule has 0 fully saturated rings. The van der Waals surface area contributed by atoms with Crippen molar-refractivity contribution in [2.45, 2.75) is 33.6 Å². The average Bonchev–Trinajstić information content (AvgIpc) is 2.67. The van der Waals surface area contributed by atoms with Gasteiger partial charge in [-0.1, -0.05) is 19.1 Å². The average molecular weight is 224 g/mol. The van der Waals surface area contributed by atoms with E-state index in [4.69, 9.17) is 0 Å². The van der Waals surface area contributed by atoms with Crippen LogP contribution in [0.5, 0.6) is 0 Å². The van der Waals surface area contributed by atoms with Crippen molar-refractivity contribution < 1.29 is 0 Å². The molecule has 0 N–H and O–H groups in total. The van der Waals surface area contributed by atoms with Crippen molar-refractivity contribution in [3.05, 3.63) is 46.4 Å². The van der Waals surface area contributed by atoms with Crippen LogP contribution in [0, 0.1) is 13.8 Å². The van der Waals surface area contributed by atoms with Crippen molar-refractivity contribution in [1.82, 2.24) is 9.97 Å². The zero-order chi connectivity index (χ0) is 12.0. The molecule has 0 unspecified atom stereocenters. The number of hydrogen-bond donors (Lipinski definition) is 0. The Morgan fingerprint density at radius 2 is 2.00 bits per heavy atom. The molecule has 1 aromatic carbocycles. The number of nitrogens with zero attached hydrogens (tertiary/aromatic N) is 2. The van der Waals surface area contributed by atoms with Crippen LogP contribution in [0.4, 0.5) is 0 Å². The van der Waals surface area contributed by atoms with Crippen molar-refractivity contribution in [3.8, 4) is 11.3 Å². The standard InChI is InChI=1S/C15H16N2/c1-4-11-5-6-12-8-13-9(2)16-10(3)17-15(13)14(12)7-11/h5-7H,4,8H2,1-3H3. The molecule has 0 spiro atoms. The largest absolute Gasteiger partial charge is 0.238 e. The van der Waals surface area contributed by atoms with Gasteiger partial charge in [-0.3, -0.25) is 0 Å². The Labute approximate surface area is 102 Å². The SMILES string of the molecule is CCc1ccc2c(c1)-c1nc(C)nc(C)c1C2. The van der Waals surface area contributed by atoms with Gasteiger partial charge in [0.15, 0.2) is 0 Å². The Morgan fingerprint density at radius 3 is 2.76 bits per heavy atom. The number of aromatic nitrogens is 2. The number of rotatable bonds is 1. The summed E-state index contributed by atoms with van der Waals surface area (Å²) in [5.41, 5.74) is 7.67. The summed E-state index contributed by atoms with van der Waals surface area (Å²) >= 11 is 0. The molecular weight excluding hydrogens is 208 g/mol. The Hall–Kier alpha value is -1.70. The monoisotopic (exact) mass is 224 g/mol. The second kappa shape index (κ2) is 3.66. The summed E-state index contributed by atoms with van der Waals surface area (Å²) in [6.45, 7) is 6.24. The van der Waals surface area contributed by atoms with E-state index in [1.807, 2.05) is 6.92 Å². The van der Waals surface area contributed by atoms with E-state index in [2.05, 4.69) is 42.0 Å². The molecule has 2 aromatic rings. The molecule has 0 aliphatic heterocycles. The molecule has 2 nitrogen and oxygen atoms in total.